The predicted octanol–water partition coefficient (Wildman–Crippen LogP) is 3.90. The number of nitrogens with zero attached hydrogens (tertiary/aromatic N) is 2. The fourth-order valence-corrected chi connectivity index (χ4v) is 5.26. The highest BCUT2D eigenvalue weighted by molar-refractivity contribution is 7.99. The number of carbonyl (C=O) groups excluding carboxylic acids is 1. The van der Waals surface area contributed by atoms with E-state index >= 15 is 0 Å². The highest BCUT2D eigenvalue weighted by atomic mass is 32.2. The third-order valence-corrected chi connectivity index (χ3v) is 7.37. The number of fused-ring (bicyclic) bond motifs is 1. The maximum Gasteiger partial charge on any atom is 0.238 e. The summed E-state index contributed by atoms with van der Waals surface area (Å²) in [6, 6.07) is 24.5. The van der Waals surface area contributed by atoms with Crippen molar-refractivity contribution in [2.24, 2.45) is 5.14 Å². The van der Waals surface area contributed by atoms with Crippen molar-refractivity contribution >= 4 is 38.7 Å². The van der Waals surface area contributed by atoms with Gasteiger partial charge in [-0.15, -0.1) is 0 Å². The first kappa shape index (κ1) is 24.0. The Morgan fingerprint density at radius 2 is 1.74 bits per heavy atom. The van der Waals surface area contributed by atoms with Crippen molar-refractivity contribution in [2.75, 3.05) is 5.75 Å². The number of nitrogens with two attached hydrogens (primary N) is 1. The molecule has 9 heteroatoms. The molecule has 0 aliphatic heterocycles. The molecule has 4 aromatic rings. The molecule has 1 amide bonds. The Morgan fingerprint density at radius 1 is 1.06 bits per heavy atom. The molecule has 1 aromatic heterocycles. The van der Waals surface area contributed by atoms with Crippen LogP contribution < -0.4 is 10.5 Å². The second-order valence-electron chi connectivity index (χ2n) is 7.84. The fraction of sp³-hybridized carbons (Fsp3) is 0.200. The standard InChI is InChI=1S/C25H26N4O3S2/c1-2-29-23-14-13-20(34(26,31)32)16-22(23)28-25(29)33-17-24(30)27-21(19-11-7-4-8-12-19)15-18-9-5-3-6-10-18/h3-14,16,21H,2,15,17H2,1H3,(H,27,30)(H2,26,31,32)/t21-/m1/s1. The molecule has 3 aromatic carbocycles. The van der Waals surface area contributed by atoms with Gasteiger partial charge in [-0.1, -0.05) is 72.4 Å². The molecule has 7 nitrogen and oxygen atoms in total. The molecule has 176 valence electrons. The molecule has 1 atom stereocenters. The third-order valence-electron chi connectivity index (χ3n) is 5.48. The van der Waals surface area contributed by atoms with Gasteiger partial charge in [0, 0.05) is 6.54 Å². The second kappa shape index (κ2) is 10.4. The molecule has 0 aliphatic rings. The molecule has 4 rings (SSSR count). The van der Waals surface area contributed by atoms with Gasteiger partial charge in [0.1, 0.15) is 0 Å². The lowest BCUT2D eigenvalue weighted by atomic mass is 9.99. The molecule has 1 heterocycles. The number of aryl methyl sites for hydroxylation is 1. The lowest BCUT2D eigenvalue weighted by Gasteiger charge is -2.19. The maximum atomic E-state index is 12.9. The molecule has 0 aliphatic carbocycles. The second-order valence-corrected chi connectivity index (χ2v) is 10.3. The number of hydrogen-bond donors (Lipinski definition) is 2. The molecule has 0 fully saturated rings. The van der Waals surface area contributed by atoms with E-state index in [1.165, 1.54) is 23.9 Å². The van der Waals surface area contributed by atoms with Crippen molar-refractivity contribution in [1.82, 2.24) is 14.9 Å². The summed E-state index contributed by atoms with van der Waals surface area (Å²) in [6.45, 7) is 2.61. The maximum absolute atomic E-state index is 12.9. The lowest BCUT2D eigenvalue weighted by Crippen LogP contribution is -2.31. The van der Waals surface area contributed by atoms with E-state index in [-0.39, 0.29) is 22.6 Å². The number of rotatable bonds is 9. The lowest BCUT2D eigenvalue weighted by molar-refractivity contribution is -0.119. The SMILES string of the molecule is CCn1c(SCC(=O)N[C@H](Cc2ccccc2)c2ccccc2)nc2cc(S(N)(=O)=O)ccc21. The van der Waals surface area contributed by atoms with E-state index in [2.05, 4.69) is 22.4 Å². The van der Waals surface area contributed by atoms with Gasteiger partial charge in [-0.25, -0.2) is 18.5 Å². The van der Waals surface area contributed by atoms with Crippen molar-refractivity contribution in [3.63, 3.8) is 0 Å². The van der Waals surface area contributed by atoms with Crippen LogP contribution in [-0.4, -0.2) is 29.6 Å². The average molecular weight is 495 g/mol. The Kier molecular flexibility index (Phi) is 7.35. The molecule has 0 saturated carbocycles. The predicted molar refractivity (Wildman–Crippen MR) is 135 cm³/mol. The summed E-state index contributed by atoms with van der Waals surface area (Å²) in [6.07, 6.45) is 0.686. The first-order valence-electron chi connectivity index (χ1n) is 10.9. The molecule has 34 heavy (non-hydrogen) atoms. The summed E-state index contributed by atoms with van der Waals surface area (Å²) < 4.78 is 25.3. The van der Waals surface area contributed by atoms with Gasteiger partial charge in [0.2, 0.25) is 15.9 Å². The van der Waals surface area contributed by atoms with Gasteiger partial charge in [-0.2, -0.15) is 0 Å². The van der Waals surface area contributed by atoms with Gasteiger partial charge < -0.3 is 9.88 Å². The van der Waals surface area contributed by atoms with Gasteiger partial charge in [0.05, 0.1) is 27.7 Å². The van der Waals surface area contributed by atoms with Crippen LogP contribution >= 0.6 is 11.8 Å². The van der Waals surface area contributed by atoms with Gasteiger partial charge >= 0.3 is 0 Å². The minimum absolute atomic E-state index is 0.0154. The van der Waals surface area contributed by atoms with Crippen LogP contribution in [0.25, 0.3) is 11.0 Å². The Bertz CT molecular complexity index is 1390. The summed E-state index contributed by atoms with van der Waals surface area (Å²) in [5, 5.41) is 9.06. The quantitative estimate of drug-likeness (QED) is 0.343. The number of thioether (sulfide) groups is 1. The largest absolute Gasteiger partial charge is 0.348 e. The number of aromatic nitrogens is 2. The highest BCUT2D eigenvalue weighted by Crippen LogP contribution is 2.26. The zero-order valence-corrected chi connectivity index (χ0v) is 20.4. The number of benzene rings is 3. The van der Waals surface area contributed by atoms with Crippen molar-refractivity contribution < 1.29 is 13.2 Å². The molecule has 0 bridgehead atoms. The minimum Gasteiger partial charge on any atom is -0.348 e. The number of amides is 1. The van der Waals surface area contributed by atoms with Crippen LogP contribution in [0.2, 0.25) is 0 Å². The van der Waals surface area contributed by atoms with E-state index in [9.17, 15) is 13.2 Å². The Labute approximate surface area is 203 Å². The topological polar surface area (TPSA) is 107 Å². The monoisotopic (exact) mass is 494 g/mol. The van der Waals surface area contributed by atoms with Crippen LogP contribution in [-0.2, 0) is 27.8 Å². The van der Waals surface area contributed by atoms with Gasteiger partial charge in [-0.05, 0) is 42.7 Å². The van der Waals surface area contributed by atoms with Crippen molar-refractivity contribution in [3.05, 3.63) is 90.0 Å². The van der Waals surface area contributed by atoms with Crippen molar-refractivity contribution in [3.8, 4) is 0 Å². The van der Waals surface area contributed by atoms with Crippen LogP contribution in [0.4, 0.5) is 0 Å². The Morgan fingerprint density at radius 3 is 2.38 bits per heavy atom. The van der Waals surface area contributed by atoms with Crippen molar-refractivity contribution in [2.45, 2.75) is 36.0 Å². The molecule has 3 N–H and O–H groups in total. The number of imidazole rings is 1. The van der Waals surface area contributed by atoms with Crippen LogP contribution in [0.15, 0.2) is 88.9 Å². The molecule has 0 radical (unpaired) electrons. The average Bonchev–Trinajstić information content (AvgIpc) is 3.20. The van der Waals surface area contributed by atoms with E-state index in [0.29, 0.717) is 23.6 Å². The first-order valence-corrected chi connectivity index (χ1v) is 13.4. The number of sulfonamides is 1. The van der Waals surface area contributed by atoms with Crippen LogP contribution in [0.3, 0.4) is 0 Å². The first-order chi connectivity index (χ1) is 16.3. The Balaban J connectivity index is 1.50. The number of hydrogen-bond acceptors (Lipinski definition) is 5. The smallest absolute Gasteiger partial charge is 0.238 e. The molecule has 0 saturated heterocycles. The van der Waals surface area contributed by atoms with Crippen LogP contribution in [0.1, 0.15) is 24.1 Å². The summed E-state index contributed by atoms with van der Waals surface area (Å²) >= 11 is 1.32. The summed E-state index contributed by atoms with van der Waals surface area (Å²) in [5.41, 5.74) is 3.51. The molecular formula is C25H26N4O3S2. The van der Waals surface area contributed by atoms with E-state index in [1.54, 1.807) is 6.07 Å². The van der Waals surface area contributed by atoms with Gasteiger partial charge in [0.25, 0.3) is 0 Å². The van der Waals surface area contributed by atoms with E-state index in [4.69, 9.17) is 5.14 Å². The number of nitrogens with one attached hydrogen (secondary N) is 1. The van der Waals surface area contributed by atoms with Crippen LogP contribution in [0.5, 0.6) is 0 Å². The van der Waals surface area contributed by atoms with Crippen molar-refractivity contribution in [1.29, 1.82) is 0 Å². The highest BCUT2D eigenvalue weighted by Gasteiger charge is 2.18. The minimum atomic E-state index is -3.82. The zero-order chi connectivity index (χ0) is 24.1. The number of primary sulfonamides is 1. The zero-order valence-electron chi connectivity index (χ0n) is 18.7. The van der Waals surface area contributed by atoms with E-state index in [0.717, 1.165) is 16.6 Å². The third kappa shape index (κ3) is 5.67. The van der Waals surface area contributed by atoms with Crippen LogP contribution in [0, 0.1) is 0 Å². The molecular weight excluding hydrogens is 468 g/mol. The summed E-state index contributed by atoms with van der Waals surface area (Å²) in [7, 11) is -3.82. The summed E-state index contributed by atoms with van der Waals surface area (Å²) in [5.74, 6) is 0.0819. The normalized spacial score (nSPS) is 12.5. The molecule has 0 spiro atoms. The van der Waals surface area contributed by atoms with E-state index < -0.39 is 10.0 Å². The van der Waals surface area contributed by atoms with Gasteiger partial charge in [0.15, 0.2) is 5.16 Å². The summed E-state index contributed by atoms with van der Waals surface area (Å²) in [4.78, 5) is 17.5. The van der Waals surface area contributed by atoms with E-state index in [1.807, 2.05) is 60.0 Å². The number of carbonyl (C=O) groups is 1. The fourth-order valence-electron chi connectivity index (χ4n) is 3.83. The molecule has 0 unspecified atom stereocenters. The van der Waals surface area contributed by atoms with Gasteiger partial charge in [-0.3, -0.25) is 4.79 Å². The Hall–Kier alpha value is -3.14.